The maximum absolute atomic E-state index is 12.9. The van der Waals surface area contributed by atoms with E-state index >= 15 is 0 Å². The largest absolute Gasteiger partial charge is 0.303 e. The van der Waals surface area contributed by atoms with Gasteiger partial charge in [0.15, 0.2) is 9.84 Å². The molecule has 0 aliphatic carbocycles. The predicted octanol–water partition coefficient (Wildman–Crippen LogP) is 3.31. The monoisotopic (exact) mass is 347 g/mol. The molecule has 0 spiro atoms. The van der Waals surface area contributed by atoms with E-state index in [9.17, 15) is 12.8 Å². The number of piperidine rings is 1. The van der Waals surface area contributed by atoms with Crippen molar-refractivity contribution in [2.24, 2.45) is 0 Å². The van der Waals surface area contributed by atoms with E-state index in [1.54, 1.807) is 24.3 Å². The summed E-state index contributed by atoms with van der Waals surface area (Å²) in [4.78, 5) is 2.72. The molecule has 0 bridgehead atoms. The van der Waals surface area contributed by atoms with Crippen LogP contribution in [0.3, 0.4) is 0 Å². The number of likely N-dealkylation sites (tertiary alicyclic amines) is 1. The van der Waals surface area contributed by atoms with Gasteiger partial charge in [-0.05, 0) is 62.2 Å². The number of hydrogen-bond donors (Lipinski definition) is 0. The highest BCUT2D eigenvalue weighted by Crippen LogP contribution is 2.24. The average Bonchev–Trinajstić information content (AvgIpc) is 2.62. The van der Waals surface area contributed by atoms with E-state index in [4.69, 9.17) is 0 Å². The Morgan fingerprint density at radius 3 is 2.21 bits per heavy atom. The highest BCUT2D eigenvalue weighted by molar-refractivity contribution is 7.92. The number of benzene rings is 2. The third-order valence-corrected chi connectivity index (χ3v) is 6.95. The van der Waals surface area contributed by atoms with Gasteiger partial charge in [-0.1, -0.05) is 30.3 Å². The van der Waals surface area contributed by atoms with Gasteiger partial charge in [-0.25, -0.2) is 12.8 Å². The Morgan fingerprint density at radius 2 is 1.58 bits per heavy atom. The van der Waals surface area contributed by atoms with Gasteiger partial charge in [0.25, 0.3) is 0 Å². The molecule has 5 heteroatoms. The smallest absolute Gasteiger partial charge is 0.181 e. The normalized spacial score (nSPS) is 17.0. The van der Waals surface area contributed by atoms with Crippen LogP contribution in [0.15, 0.2) is 59.5 Å². The van der Waals surface area contributed by atoms with Crippen LogP contribution in [-0.4, -0.2) is 38.2 Å². The molecule has 1 aliphatic rings. The molecule has 2 aromatic rings. The van der Waals surface area contributed by atoms with Crippen molar-refractivity contribution in [1.82, 2.24) is 4.90 Å². The molecule has 0 aromatic heterocycles. The highest BCUT2D eigenvalue weighted by Gasteiger charge is 2.30. The number of hydrogen-bond acceptors (Lipinski definition) is 3. The lowest BCUT2D eigenvalue weighted by molar-refractivity contribution is 0.232. The van der Waals surface area contributed by atoms with Gasteiger partial charge in [0, 0.05) is 6.54 Å². The van der Waals surface area contributed by atoms with Gasteiger partial charge >= 0.3 is 0 Å². The summed E-state index contributed by atoms with van der Waals surface area (Å²) >= 11 is 0. The van der Waals surface area contributed by atoms with Crippen molar-refractivity contribution in [3.63, 3.8) is 0 Å². The fourth-order valence-corrected chi connectivity index (χ4v) is 4.94. The van der Waals surface area contributed by atoms with Crippen molar-refractivity contribution in [2.75, 3.05) is 19.6 Å². The fourth-order valence-electron chi connectivity index (χ4n) is 3.18. The summed E-state index contributed by atoms with van der Waals surface area (Å²) in [5, 5.41) is -0.290. The average molecular weight is 347 g/mol. The molecule has 128 valence electrons. The van der Waals surface area contributed by atoms with Crippen molar-refractivity contribution in [3.8, 4) is 0 Å². The Kier molecular flexibility index (Phi) is 5.31. The van der Waals surface area contributed by atoms with E-state index in [-0.39, 0.29) is 11.1 Å². The lowest BCUT2D eigenvalue weighted by atomic mass is 10.1. The van der Waals surface area contributed by atoms with Gasteiger partial charge in [-0.2, -0.15) is 0 Å². The Bertz CT molecular complexity index is 752. The summed E-state index contributed by atoms with van der Waals surface area (Å²) in [6.45, 7) is 2.46. The first-order chi connectivity index (χ1) is 11.6. The minimum Gasteiger partial charge on any atom is -0.303 e. The van der Waals surface area contributed by atoms with Crippen molar-refractivity contribution in [1.29, 1.82) is 0 Å². The third-order valence-electron chi connectivity index (χ3n) is 4.68. The zero-order valence-electron chi connectivity index (χ0n) is 13.6. The molecule has 0 unspecified atom stereocenters. The second-order valence-electron chi connectivity index (χ2n) is 6.28. The third kappa shape index (κ3) is 4.02. The molecule has 0 amide bonds. The van der Waals surface area contributed by atoms with Crippen LogP contribution >= 0.6 is 0 Å². The Morgan fingerprint density at radius 1 is 0.958 bits per heavy atom. The molecule has 0 atom stereocenters. The maximum Gasteiger partial charge on any atom is 0.181 e. The fraction of sp³-hybridized carbons (Fsp3) is 0.368. The van der Waals surface area contributed by atoms with Crippen molar-refractivity contribution in [2.45, 2.75) is 29.4 Å². The van der Waals surface area contributed by atoms with Crippen LogP contribution in [0.5, 0.6) is 0 Å². The van der Waals surface area contributed by atoms with Crippen molar-refractivity contribution in [3.05, 3.63) is 66.0 Å². The number of rotatable bonds is 5. The van der Waals surface area contributed by atoms with E-state index in [0.717, 1.165) is 31.6 Å². The van der Waals surface area contributed by atoms with E-state index in [1.165, 1.54) is 12.1 Å². The summed E-state index contributed by atoms with van der Waals surface area (Å²) < 4.78 is 38.2. The lowest BCUT2D eigenvalue weighted by Crippen LogP contribution is -2.40. The van der Waals surface area contributed by atoms with Gasteiger partial charge in [-0.3, -0.25) is 0 Å². The van der Waals surface area contributed by atoms with Crippen LogP contribution in [0, 0.1) is 5.82 Å². The van der Waals surface area contributed by atoms with Crippen LogP contribution in [0.2, 0.25) is 0 Å². The molecule has 3 rings (SSSR count). The SMILES string of the molecule is O=S(=O)(c1ccccc1)C1CCN(CCc2ccc(F)cc2)CC1. The zero-order valence-corrected chi connectivity index (χ0v) is 14.4. The predicted molar refractivity (Wildman–Crippen MR) is 93.2 cm³/mol. The van der Waals surface area contributed by atoms with Crippen LogP contribution in [0.25, 0.3) is 0 Å². The summed E-state index contributed by atoms with van der Waals surface area (Å²) in [7, 11) is -3.23. The summed E-state index contributed by atoms with van der Waals surface area (Å²) in [5.74, 6) is -0.217. The molecule has 0 radical (unpaired) electrons. The minimum absolute atomic E-state index is 0.217. The second kappa shape index (κ2) is 7.45. The molecular weight excluding hydrogens is 325 g/mol. The van der Waals surface area contributed by atoms with E-state index in [1.807, 2.05) is 18.2 Å². The van der Waals surface area contributed by atoms with Gasteiger partial charge in [0.2, 0.25) is 0 Å². The molecule has 0 N–H and O–H groups in total. The first-order valence-corrected chi connectivity index (χ1v) is 9.86. The molecule has 1 fully saturated rings. The minimum atomic E-state index is -3.23. The van der Waals surface area contributed by atoms with Crippen LogP contribution in [0.1, 0.15) is 18.4 Å². The van der Waals surface area contributed by atoms with Gasteiger partial charge in [0.05, 0.1) is 10.1 Å². The first-order valence-electron chi connectivity index (χ1n) is 8.31. The molecular formula is C19H22FNO2S. The molecule has 1 heterocycles. The molecule has 1 saturated heterocycles. The zero-order chi connectivity index (χ0) is 17.0. The quantitative estimate of drug-likeness (QED) is 0.833. The van der Waals surface area contributed by atoms with E-state index in [2.05, 4.69) is 4.90 Å². The lowest BCUT2D eigenvalue weighted by Gasteiger charge is -2.31. The molecule has 24 heavy (non-hydrogen) atoms. The standard InChI is InChI=1S/C19H22FNO2S/c20-17-8-6-16(7-9-17)10-13-21-14-11-19(12-15-21)24(22,23)18-4-2-1-3-5-18/h1-9,19H,10-15H2. The summed E-state index contributed by atoms with van der Waals surface area (Å²) in [6, 6.07) is 15.3. The molecule has 0 saturated carbocycles. The number of nitrogens with zero attached hydrogens (tertiary/aromatic N) is 1. The van der Waals surface area contributed by atoms with Crippen LogP contribution in [-0.2, 0) is 16.3 Å². The highest BCUT2D eigenvalue weighted by atomic mass is 32.2. The van der Waals surface area contributed by atoms with Gasteiger partial charge in [0.1, 0.15) is 5.82 Å². The Labute approximate surface area is 143 Å². The number of halogens is 1. The molecule has 2 aromatic carbocycles. The van der Waals surface area contributed by atoms with Crippen LogP contribution in [0.4, 0.5) is 4.39 Å². The summed E-state index contributed by atoms with van der Waals surface area (Å²) in [6.07, 6.45) is 2.19. The van der Waals surface area contributed by atoms with Crippen molar-refractivity contribution < 1.29 is 12.8 Å². The number of sulfone groups is 1. The van der Waals surface area contributed by atoms with Gasteiger partial charge in [-0.15, -0.1) is 0 Å². The van der Waals surface area contributed by atoms with Crippen LogP contribution < -0.4 is 0 Å². The Hall–Kier alpha value is -1.72. The Balaban J connectivity index is 1.53. The molecule has 3 nitrogen and oxygen atoms in total. The topological polar surface area (TPSA) is 37.4 Å². The molecule has 1 aliphatic heterocycles. The maximum atomic E-state index is 12.9. The first kappa shape index (κ1) is 17.1. The van der Waals surface area contributed by atoms with E-state index in [0.29, 0.717) is 17.7 Å². The van der Waals surface area contributed by atoms with Gasteiger partial charge < -0.3 is 4.90 Å². The van der Waals surface area contributed by atoms with E-state index < -0.39 is 9.84 Å². The van der Waals surface area contributed by atoms with Crippen molar-refractivity contribution >= 4 is 9.84 Å². The second-order valence-corrected chi connectivity index (χ2v) is 8.50. The summed E-state index contributed by atoms with van der Waals surface area (Å²) in [5.41, 5.74) is 1.11.